The van der Waals surface area contributed by atoms with Crippen molar-refractivity contribution < 1.29 is 0 Å². The van der Waals surface area contributed by atoms with E-state index in [-0.39, 0.29) is 0 Å². The predicted molar refractivity (Wildman–Crippen MR) is 79.6 cm³/mol. The summed E-state index contributed by atoms with van der Waals surface area (Å²) in [4.78, 5) is 0. The van der Waals surface area contributed by atoms with Crippen LogP contribution < -0.4 is 5.32 Å². The monoisotopic (exact) mass is 315 g/mol. The zero-order valence-corrected chi connectivity index (χ0v) is 13.1. The van der Waals surface area contributed by atoms with Crippen molar-refractivity contribution in [2.45, 2.75) is 45.1 Å². The van der Waals surface area contributed by atoms with E-state index in [0.29, 0.717) is 6.04 Å². The van der Waals surface area contributed by atoms with E-state index in [9.17, 15) is 0 Å². The van der Waals surface area contributed by atoms with Gasteiger partial charge in [-0.2, -0.15) is 0 Å². The molecule has 0 aliphatic heterocycles. The Morgan fingerprint density at radius 2 is 2.12 bits per heavy atom. The van der Waals surface area contributed by atoms with Gasteiger partial charge in [0.2, 0.25) is 0 Å². The Balaban J connectivity index is 2.00. The summed E-state index contributed by atoms with van der Waals surface area (Å²) in [5.74, 6) is 1.81. The lowest BCUT2D eigenvalue weighted by Crippen LogP contribution is -2.28. The number of thiophene rings is 1. The van der Waals surface area contributed by atoms with Crippen LogP contribution in [0.15, 0.2) is 15.2 Å². The maximum atomic E-state index is 3.57. The van der Waals surface area contributed by atoms with E-state index in [1.54, 1.807) is 11.3 Å². The Morgan fingerprint density at radius 3 is 2.59 bits per heavy atom. The molecule has 0 radical (unpaired) electrons. The van der Waals surface area contributed by atoms with Gasteiger partial charge in [0.05, 0.1) is 3.79 Å². The van der Waals surface area contributed by atoms with Gasteiger partial charge in [-0.3, -0.25) is 0 Å². The van der Waals surface area contributed by atoms with Crippen LogP contribution >= 0.6 is 27.3 Å². The van der Waals surface area contributed by atoms with Crippen molar-refractivity contribution in [2.24, 2.45) is 11.8 Å². The molecule has 1 saturated carbocycles. The minimum Gasteiger partial charge on any atom is -0.313 e. The average molecular weight is 316 g/mol. The summed E-state index contributed by atoms with van der Waals surface area (Å²) in [7, 11) is 2.10. The first-order valence-electron chi connectivity index (χ1n) is 6.65. The second-order valence-corrected chi connectivity index (χ2v) is 7.43. The van der Waals surface area contributed by atoms with Crippen molar-refractivity contribution in [3.05, 3.63) is 20.8 Å². The van der Waals surface area contributed by atoms with Gasteiger partial charge >= 0.3 is 0 Å². The van der Waals surface area contributed by atoms with Crippen LogP contribution in [0.2, 0.25) is 0 Å². The van der Waals surface area contributed by atoms with Gasteiger partial charge in [0.15, 0.2) is 0 Å². The molecule has 96 valence electrons. The van der Waals surface area contributed by atoms with Crippen molar-refractivity contribution in [2.75, 3.05) is 7.05 Å². The highest BCUT2D eigenvalue weighted by molar-refractivity contribution is 9.11. The molecule has 17 heavy (non-hydrogen) atoms. The zero-order valence-electron chi connectivity index (χ0n) is 10.7. The molecule has 1 aliphatic rings. The first kappa shape index (κ1) is 13.6. The van der Waals surface area contributed by atoms with Gasteiger partial charge in [0.25, 0.3) is 0 Å². The molecule has 1 N–H and O–H groups in total. The summed E-state index contributed by atoms with van der Waals surface area (Å²) < 4.78 is 1.25. The summed E-state index contributed by atoms with van der Waals surface area (Å²) in [5.41, 5.74) is 1.46. The molecule has 1 aromatic heterocycles. The highest BCUT2D eigenvalue weighted by atomic mass is 79.9. The van der Waals surface area contributed by atoms with E-state index in [0.717, 1.165) is 11.8 Å². The second-order valence-electron chi connectivity index (χ2n) is 5.14. The van der Waals surface area contributed by atoms with Crippen molar-refractivity contribution in [3.63, 3.8) is 0 Å². The molecule has 1 atom stereocenters. The highest BCUT2D eigenvalue weighted by Gasteiger charge is 2.27. The third kappa shape index (κ3) is 3.33. The van der Waals surface area contributed by atoms with Gasteiger partial charge < -0.3 is 5.32 Å². The summed E-state index contributed by atoms with van der Waals surface area (Å²) in [6, 6.07) is 2.83. The van der Waals surface area contributed by atoms with Crippen LogP contribution in [0.3, 0.4) is 0 Å². The highest BCUT2D eigenvalue weighted by Crippen LogP contribution is 2.39. The lowest BCUT2D eigenvalue weighted by atomic mass is 9.76. The molecule has 0 saturated heterocycles. The van der Waals surface area contributed by atoms with E-state index >= 15 is 0 Å². The normalized spacial score (nSPS) is 27.0. The Labute approximate surface area is 117 Å². The number of hydrogen-bond donors (Lipinski definition) is 1. The lowest BCUT2D eigenvalue weighted by molar-refractivity contribution is 0.224. The molecule has 0 spiro atoms. The number of rotatable bonds is 4. The topological polar surface area (TPSA) is 12.0 Å². The maximum absolute atomic E-state index is 3.57. The fraction of sp³-hybridized carbons (Fsp3) is 0.714. The van der Waals surface area contributed by atoms with E-state index in [1.807, 2.05) is 0 Å². The fourth-order valence-corrected chi connectivity index (χ4v) is 4.30. The minimum atomic E-state index is 0.551. The van der Waals surface area contributed by atoms with E-state index in [4.69, 9.17) is 0 Å². The van der Waals surface area contributed by atoms with Crippen LogP contribution in [0.1, 0.15) is 50.6 Å². The van der Waals surface area contributed by atoms with Gasteiger partial charge in [-0.05, 0) is 64.7 Å². The first-order chi connectivity index (χ1) is 8.24. The third-order valence-corrected chi connectivity index (χ3v) is 5.72. The standard InChI is InChI=1S/C14H22BrNS/c1-3-10-4-6-11(7-5-10)14(16-2)12-8-13(15)17-9-12/h8-11,14,16H,3-7H2,1-2H3. The first-order valence-corrected chi connectivity index (χ1v) is 8.33. The van der Waals surface area contributed by atoms with Crippen molar-refractivity contribution >= 4 is 27.3 Å². The molecule has 1 unspecified atom stereocenters. The summed E-state index contributed by atoms with van der Waals surface area (Å²) in [6.07, 6.45) is 6.98. The molecule has 1 aliphatic carbocycles. The number of halogens is 1. The smallest absolute Gasteiger partial charge is 0.0701 e. The molecule has 2 rings (SSSR count). The van der Waals surface area contributed by atoms with E-state index in [2.05, 4.69) is 46.7 Å². The Kier molecular flexibility index (Phi) is 5.07. The second kappa shape index (κ2) is 6.35. The van der Waals surface area contributed by atoms with Crippen molar-refractivity contribution in [3.8, 4) is 0 Å². The molecule has 1 heterocycles. The van der Waals surface area contributed by atoms with Gasteiger partial charge in [0.1, 0.15) is 0 Å². The van der Waals surface area contributed by atoms with E-state index < -0.39 is 0 Å². The zero-order chi connectivity index (χ0) is 12.3. The maximum Gasteiger partial charge on any atom is 0.0701 e. The molecule has 0 aromatic carbocycles. The van der Waals surface area contributed by atoms with Crippen LogP contribution in [0, 0.1) is 11.8 Å². The van der Waals surface area contributed by atoms with Crippen LogP contribution in [-0.2, 0) is 0 Å². The Hall–Kier alpha value is 0.140. The van der Waals surface area contributed by atoms with Crippen molar-refractivity contribution in [1.82, 2.24) is 5.32 Å². The molecular weight excluding hydrogens is 294 g/mol. The molecule has 1 nitrogen and oxygen atoms in total. The summed E-state index contributed by atoms with van der Waals surface area (Å²) >= 11 is 5.36. The average Bonchev–Trinajstić information content (AvgIpc) is 2.78. The molecule has 1 fully saturated rings. The lowest BCUT2D eigenvalue weighted by Gasteiger charge is -2.33. The largest absolute Gasteiger partial charge is 0.313 e. The van der Waals surface area contributed by atoms with Gasteiger partial charge in [0, 0.05) is 6.04 Å². The fourth-order valence-electron chi connectivity index (χ4n) is 3.09. The van der Waals surface area contributed by atoms with Crippen LogP contribution in [0.5, 0.6) is 0 Å². The molecule has 3 heteroatoms. The van der Waals surface area contributed by atoms with Gasteiger partial charge in [-0.15, -0.1) is 11.3 Å². The minimum absolute atomic E-state index is 0.551. The third-order valence-electron chi connectivity index (χ3n) is 4.20. The summed E-state index contributed by atoms with van der Waals surface area (Å²) in [5, 5.41) is 5.81. The quantitative estimate of drug-likeness (QED) is 0.825. The summed E-state index contributed by atoms with van der Waals surface area (Å²) in [6.45, 7) is 2.33. The molecule has 0 bridgehead atoms. The van der Waals surface area contributed by atoms with E-state index in [1.165, 1.54) is 41.5 Å². The Bertz CT molecular complexity index is 342. The number of hydrogen-bond acceptors (Lipinski definition) is 2. The Morgan fingerprint density at radius 1 is 1.41 bits per heavy atom. The predicted octanol–water partition coefficient (Wildman–Crippen LogP) is 4.99. The molecular formula is C14H22BrNS. The molecule has 1 aromatic rings. The van der Waals surface area contributed by atoms with Gasteiger partial charge in [-0.1, -0.05) is 26.2 Å². The van der Waals surface area contributed by atoms with Crippen molar-refractivity contribution in [1.29, 1.82) is 0 Å². The number of nitrogens with one attached hydrogen (secondary N) is 1. The molecule has 0 amide bonds. The van der Waals surface area contributed by atoms with Crippen LogP contribution in [0.25, 0.3) is 0 Å². The SMILES string of the molecule is CCC1CCC(C(NC)c2csc(Br)c2)CC1. The van der Waals surface area contributed by atoms with Crippen LogP contribution in [-0.4, -0.2) is 7.05 Å². The van der Waals surface area contributed by atoms with Gasteiger partial charge in [-0.25, -0.2) is 0 Å². The van der Waals surface area contributed by atoms with Crippen LogP contribution in [0.4, 0.5) is 0 Å².